The predicted molar refractivity (Wildman–Crippen MR) is 141 cm³/mol. The van der Waals surface area contributed by atoms with Crippen molar-refractivity contribution in [1.29, 1.82) is 0 Å². The second-order valence-corrected chi connectivity index (χ2v) is 10.5. The van der Waals surface area contributed by atoms with E-state index in [0.717, 1.165) is 18.4 Å². The maximum Gasteiger partial charge on any atom is 0.330 e. The molecule has 0 spiro atoms. The molecule has 1 aliphatic heterocycles. The Morgan fingerprint density at radius 3 is 2.55 bits per heavy atom. The van der Waals surface area contributed by atoms with E-state index < -0.39 is 35.9 Å². The van der Waals surface area contributed by atoms with E-state index in [2.05, 4.69) is 10.3 Å². The third-order valence-corrected chi connectivity index (χ3v) is 7.76. The SMILES string of the molecule is COC(=O)C1CCC(OC(F)(C(=O)Cc2ccc3nc(Nc4cc(F)ccc4C)oc3c2F)N2CCCC2)CC1. The first-order valence-corrected chi connectivity index (χ1v) is 13.5. The van der Waals surface area contributed by atoms with Crippen molar-refractivity contribution in [3.8, 4) is 0 Å². The van der Waals surface area contributed by atoms with Crippen LogP contribution in [0.25, 0.3) is 11.1 Å². The van der Waals surface area contributed by atoms with E-state index in [-0.39, 0.29) is 34.6 Å². The molecule has 0 amide bonds. The Kier molecular flexibility index (Phi) is 8.14. The fourth-order valence-electron chi connectivity index (χ4n) is 5.44. The number of Topliss-reactive ketones (excluding diaryl/α,β-unsaturated/α-hetero) is 1. The molecule has 1 atom stereocenters. The minimum absolute atomic E-state index is 0.0473. The second kappa shape index (κ2) is 11.6. The lowest BCUT2D eigenvalue weighted by atomic mass is 9.87. The van der Waals surface area contributed by atoms with Crippen molar-refractivity contribution in [2.75, 3.05) is 25.5 Å². The average molecular weight is 560 g/mol. The molecule has 11 heteroatoms. The number of benzene rings is 2. The summed E-state index contributed by atoms with van der Waals surface area (Å²) in [5.41, 5.74) is 1.08. The van der Waals surface area contributed by atoms with Crippen LogP contribution in [0, 0.1) is 24.5 Å². The van der Waals surface area contributed by atoms with Gasteiger partial charge in [0.15, 0.2) is 11.4 Å². The molecule has 1 N–H and O–H groups in total. The molecule has 1 saturated heterocycles. The fraction of sp³-hybridized carbons (Fsp3) is 0.483. The summed E-state index contributed by atoms with van der Waals surface area (Å²) in [5.74, 6) is -5.48. The maximum atomic E-state index is 16.5. The maximum absolute atomic E-state index is 16.5. The highest BCUT2D eigenvalue weighted by atomic mass is 19.2. The van der Waals surface area contributed by atoms with Crippen LogP contribution in [0.2, 0.25) is 0 Å². The number of carbonyl (C=O) groups is 2. The number of nitrogens with zero attached hydrogens (tertiary/aromatic N) is 2. The van der Waals surface area contributed by atoms with E-state index in [1.165, 1.54) is 36.3 Å². The number of hydrogen-bond donors (Lipinski definition) is 1. The zero-order chi connectivity index (χ0) is 28.4. The Labute approximate surface area is 229 Å². The number of halogens is 3. The normalized spacial score (nSPS) is 21.3. The van der Waals surface area contributed by atoms with Crippen molar-refractivity contribution in [2.24, 2.45) is 5.92 Å². The second-order valence-electron chi connectivity index (χ2n) is 10.5. The molecule has 40 heavy (non-hydrogen) atoms. The van der Waals surface area contributed by atoms with Crippen LogP contribution in [-0.2, 0) is 25.5 Å². The molecule has 1 aliphatic carbocycles. The molecule has 2 heterocycles. The molecule has 3 aromatic rings. The Hall–Kier alpha value is -3.44. The van der Waals surface area contributed by atoms with Gasteiger partial charge in [-0.25, -0.2) is 13.7 Å². The van der Waals surface area contributed by atoms with Crippen LogP contribution in [0.3, 0.4) is 0 Å². The number of likely N-dealkylation sites (tertiary alicyclic amines) is 1. The topological polar surface area (TPSA) is 93.9 Å². The minimum atomic E-state index is -2.72. The Morgan fingerprint density at radius 2 is 1.85 bits per heavy atom. The number of oxazole rings is 1. The Bertz CT molecular complexity index is 1400. The van der Waals surface area contributed by atoms with Crippen LogP contribution in [0.4, 0.5) is 24.9 Å². The summed E-state index contributed by atoms with van der Waals surface area (Å²) in [6.45, 7) is 2.46. The summed E-state index contributed by atoms with van der Waals surface area (Å²) in [4.78, 5) is 30.9. The molecule has 8 nitrogen and oxygen atoms in total. The number of aryl methyl sites for hydroxylation is 1. The van der Waals surface area contributed by atoms with Gasteiger partial charge in [0.05, 0.1) is 19.1 Å². The standard InChI is InChI=1S/C29H32F3N3O5/c1-17-5-9-20(30)16-23(17)34-28-33-22-12-8-19(25(31)26(22)39-28)15-24(36)29(32,35-13-3-4-14-35)40-21-10-6-18(7-11-21)27(37)38-2/h5,8-9,12,16,18,21H,3-4,6-7,10-11,13-15H2,1-2H3,(H,33,34). The first kappa shape index (κ1) is 28.1. The molecule has 214 valence electrons. The molecular formula is C29H32F3N3O5. The van der Waals surface area contributed by atoms with E-state index in [1.807, 2.05) is 0 Å². The van der Waals surface area contributed by atoms with E-state index in [0.29, 0.717) is 44.5 Å². The average Bonchev–Trinajstić information content (AvgIpc) is 3.63. The highest BCUT2D eigenvalue weighted by Gasteiger charge is 2.49. The minimum Gasteiger partial charge on any atom is -0.469 e. The monoisotopic (exact) mass is 559 g/mol. The number of ketones is 1. The number of alkyl halides is 1. The van der Waals surface area contributed by atoms with Gasteiger partial charge in [-0.3, -0.25) is 9.59 Å². The lowest BCUT2D eigenvalue weighted by molar-refractivity contribution is -0.252. The van der Waals surface area contributed by atoms with Gasteiger partial charge in [-0.2, -0.15) is 9.37 Å². The number of esters is 1. The van der Waals surface area contributed by atoms with Gasteiger partial charge in [-0.1, -0.05) is 12.1 Å². The summed E-state index contributed by atoms with van der Waals surface area (Å²) >= 11 is 0. The lowest BCUT2D eigenvalue weighted by Gasteiger charge is -2.37. The number of hydrogen-bond acceptors (Lipinski definition) is 8. The molecule has 2 aromatic carbocycles. The van der Waals surface area contributed by atoms with Crippen molar-refractivity contribution < 1.29 is 36.7 Å². The van der Waals surface area contributed by atoms with Gasteiger partial charge < -0.3 is 19.2 Å². The van der Waals surface area contributed by atoms with Crippen LogP contribution < -0.4 is 5.32 Å². The zero-order valence-corrected chi connectivity index (χ0v) is 22.5. The highest BCUT2D eigenvalue weighted by Crippen LogP contribution is 2.35. The molecule has 0 radical (unpaired) electrons. The Morgan fingerprint density at radius 1 is 1.12 bits per heavy atom. The largest absolute Gasteiger partial charge is 0.469 e. The van der Waals surface area contributed by atoms with Crippen molar-refractivity contribution >= 4 is 34.6 Å². The van der Waals surface area contributed by atoms with Crippen molar-refractivity contribution in [2.45, 2.75) is 64.0 Å². The van der Waals surface area contributed by atoms with E-state index in [1.54, 1.807) is 13.0 Å². The smallest absolute Gasteiger partial charge is 0.330 e. The predicted octanol–water partition coefficient (Wildman–Crippen LogP) is 5.74. The van der Waals surface area contributed by atoms with Crippen molar-refractivity contribution in [3.05, 3.63) is 53.1 Å². The summed E-state index contributed by atoms with van der Waals surface area (Å²) in [7, 11) is 1.33. The molecule has 1 saturated carbocycles. The number of anilines is 2. The number of nitrogens with one attached hydrogen (secondary N) is 1. The van der Waals surface area contributed by atoms with Gasteiger partial charge in [0.1, 0.15) is 11.3 Å². The van der Waals surface area contributed by atoms with E-state index in [9.17, 15) is 14.0 Å². The number of rotatable bonds is 9. The molecule has 1 unspecified atom stereocenters. The molecular weight excluding hydrogens is 527 g/mol. The third-order valence-electron chi connectivity index (χ3n) is 7.76. The van der Waals surface area contributed by atoms with Crippen LogP contribution in [0.1, 0.15) is 49.7 Å². The molecule has 2 aliphatic rings. The van der Waals surface area contributed by atoms with Crippen LogP contribution >= 0.6 is 0 Å². The van der Waals surface area contributed by atoms with Crippen LogP contribution in [-0.4, -0.2) is 53.9 Å². The zero-order valence-electron chi connectivity index (χ0n) is 22.5. The molecule has 0 bridgehead atoms. The quantitative estimate of drug-likeness (QED) is 0.262. The van der Waals surface area contributed by atoms with Gasteiger partial charge in [-0.05, 0) is 74.8 Å². The first-order valence-electron chi connectivity index (χ1n) is 13.5. The number of methoxy groups -OCH3 is 1. The molecule has 1 aromatic heterocycles. The van der Waals surface area contributed by atoms with E-state index >= 15 is 8.78 Å². The number of fused-ring (bicyclic) bond motifs is 1. The summed E-state index contributed by atoms with van der Waals surface area (Å²) < 4.78 is 61.9. The lowest BCUT2D eigenvalue weighted by Crippen LogP contribution is -2.54. The Balaban J connectivity index is 1.34. The number of aromatic nitrogens is 1. The van der Waals surface area contributed by atoms with Crippen molar-refractivity contribution in [3.63, 3.8) is 0 Å². The van der Waals surface area contributed by atoms with Crippen molar-refractivity contribution in [1.82, 2.24) is 9.88 Å². The van der Waals surface area contributed by atoms with Gasteiger partial charge in [0.2, 0.25) is 5.78 Å². The van der Waals surface area contributed by atoms with Crippen LogP contribution in [0.5, 0.6) is 0 Å². The van der Waals surface area contributed by atoms with Gasteiger partial charge >= 0.3 is 11.9 Å². The van der Waals surface area contributed by atoms with Gasteiger partial charge in [0.25, 0.3) is 6.01 Å². The van der Waals surface area contributed by atoms with E-state index in [4.69, 9.17) is 13.9 Å². The summed E-state index contributed by atoms with van der Waals surface area (Å²) in [6.07, 6.45) is 2.09. The highest BCUT2D eigenvalue weighted by molar-refractivity contribution is 5.88. The van der Waals surface area contributed by atoms with Gasteiger partial charge in [-0.15, -0.1) is 0 Å². The number of ether oxygens (including phenoxy) is 2. The third kappa shape index (κ3) is 5.71. The fourth-order valence-corrected chi connectivity index (χ4v) is 5.44. The number of carbonyl (C=O) groups excluding carboxylic acids is 2. The molecule has 2 fully saturated rings. The summed E-state index contributed by atoms with van der Waals surface area (Å²) in [5, 5.41) is 2.84. The first-order chi connectivity index (χ1) is 19.2. The van der Waals surface area contributed by atoms with Crippen LogP contribution in [0.15, 0.2) is 34.7 Å². The van der Waals surface area contributed by atoms with Gasteiger partial charge in [0, 0.05) is 25.2 Å². The summed E-state index contributed by atoms with van der Waals surface area (Å²) in [6, 6.07) is 6.99. The molecule has 5 rings (SSSR count).